The maximum absolute atomic E-state index is 3.58. The molecule has 4 rings (SSSR count). The minimum absolute atomic E-state index is 0.566. The normalized spacial score (nSPS) is 20.1. The number of anilines is 2. The Hall–Kier alpha value is -1.48. The van der Waals surface area contributed by atoms with Crippen LogP contribution in [-0.2, 0) is 13.0 Å². The molecule has 19 heavy (non-hydrogen) atoms. The number of hydrogen-bond acceptors (Lipinski definition) is 2. The van der Waals surface area contributed by atoms with E-state index >= 15 is 0 Å². The van der Waals surface area contributed by atoms with Crippen LogP contribution in [0.1, 0.15) is 11.1 Å². The summed E-state index contributed by atoms with van der Waals surface area (Å²) in [5, 5.41) is 3.56. The minimum Gasteiger partial charge on any atom is -0.381 e. The van der Waals surface area contributed by atoms with Crippen molar-refractivity contribution in [3.63, 3.8) is 0 Å². The van der Waals surface area contributed by atoms with Gasteiger partial charge in [-0.3, -0.25) is 0 Å². The van der Waals surface area contributed by atoms with E-state index in [2.05, 4.69) is 68.6 Å². The van der Waals surface area contributed by atoms with Crippen molar-refractivity contribution in [1.82, 2.24) is 0 Å². The summed E-state index contributed by atoms with van der Waals surface area (Å²) in [7, 11) is 0. The van der Waals surface area contributed by atoms with Crippen LogP contribution < -0.4 is 10.2 Å². The molecule has 0 saturated heterocycles. The summed E-state index contributed by atoms with van der Waals surface area (Å²) < 4.78 is 1.15. The summed E-state index contributed by atoms with van der Waals surface area (Å²) in [5.74, 6) is 0. The maximum atomic E-state index is 3.58. The SMILES string of the molecule is Brc1ccc2c(c1)N1Cc3ccccc3CC1CN2. The van der Waals surface area contributed by atoms with Crippen molar-refractivity contribution in [2.45, 2.75) is 19.0 Å². The van der Waals surface area contributed by atoms with Gasteiger partial charge >= 0.3 is 0 Å². The second kappa shape index (κ2) is 4.27. The predicted octanol–water partition coefficient (Wildman–Crippen LogP) is 3.81. The number of nitrogens with zero attached hydrogens (tertiary/aromatic N) is 1. The summed E-state index contributed by atoms with van der Waals surface area (Å²) in [4.78, 5) is 2.54. The molecule has 0 aromatic heterocycles. The molecule has 0 amide bonds. The lowest BCUT2D eigenvalue weighted by molar-refractivity contribution is 0.562. The van der Waals surface area contributed by atoms with Crippen molar-refractivity contribution in [3.05, 3.63) is 58.1 Å². The molecule has 1 unspecified atom stereocenters. The lowest BCUT2D eigenvalue weighted by Crippen LogP contribution is -2.47. The fourth-order valence-electron chi connectivity index (χ4n) is 3.17. The highest BCUT2D eigenvalue weighted by Gasteiger charge is 2.30. The van der Waals surface area contributed by atoms with Gasteiger partial charge < -0.3 is 10.2 Å². The second-order valence-corrected chi connectivity index (χ2v) is 6.21. The average Bonchev–Trinajstić information content (AvgIpc) is 2.45. The molecule has 0 radical (unpaired) electrons. The standard InChI is InChI=1S/C16H15BrN2/c17-13-5-6-15-16(8-13)19-10-12-4-2-1-3-11(12)7-14(19)9-18-15/h1-6,8,14,18H,7,9-10H2. The molecule has 96 valence electrons. The molecule has 0 spiro atoms. The van der Waals surface area contributed by atoms with Crippen molar-refractivity contribution >= 4 is 27.3 Å². The van der Waals surface area contributed by atoms with Crippen LogP contribution in [0.5, 0.6) is 0 Å². The van der Waals surface area contributed by atoms with Crippen molar-refractivity contribution in [3.8, 4) is 0 Å². The molecule has 2 aromatic carbocycles. The highest BCUT2D eigenvalue weighted by atomic mass is 79.9. The lowest BCUT2D eigenvalue weighted by atomic mass is 9.92. The Bertz CT molecular complexity index is 638. The Morgan fingerprint density at radius 3 is 2.84 bits per heavy atom. The van der Waals surface area contributed by atoms with Crippen LogP contribution in [0.25, 0.3) is 0 Å². The molecular weight excluding hydrogens is 300 g/mol. The zero-order valence-electron chi connectivity index (χ0n) is 10.6. The van der Waals surface area contributed by atoms with Gasteiger partial charge in [-0.15, -0.1) is 0 Å². The molecule has 0 bridgehead atoms. The molecule has 3 heteroatoms. The van der Waals surface area contributed by atoms with E-state index < -0.39 is 0 Å². The van der Waals surface area contributed by atoms with E-state index in [4.69, 9.17) is 0 Å². The first-order chi connectivity index (χ1) is 9.31. The van der Waals surface area contributed by atoms with E-state index in [1.807, 2.05) is 0 Å². The predicted molar refractivity (Wildman–Crippen MR) is 82.7 cm³/mol. The van der Waals surface area contributed by atoms with Crippen LogP contribution in [0, 0.1) is 0 Å². The van der Waals surface area contributed by atoms with E-state index in [1.165, 1.54) is 22.5 Å². The van der Waals surface area contributed by atoms with Crippen LogP contribution >= 0.6 is 15.9 Å². The average molecular weight is 315 g/mol. The largest absolute Gasteiger partial charge is 0.381 e. The number of benzene rings is 2. The number of halogens is 1. The quantitative estimate of drug-likeness (QED) is 0.795. The zero-order chi connectivity index (χ0) is 12.8. The third-order valence-corrected chi connectivity index (χ3v) is 4.65. The molecule has 2 aliphatic rings. The van der Waals surface area contributed by atoms with Crippen molar-refractivity contribution in [2.24, 2.45) is 0 Å². The summed E-state index contributed by atoms with van der Waals surface area (Å²) >= 11 is 3.58. The van der Waals surface area contributed by atoms with Crippen LogP contribution in [0.15, 0.2) is 46.9 Å². The molecule has 0 aliphatic carbocycles. The Kier molecular flexibility index (Phi) is 2.55. The van der Waals surface area contributed by atoms with Gasteiger partial charge in [-0.1, -0.05) is 40.2 Å². The molecule has 1 atom stereocenters. The number of rotatable bonds is 0. The van der Waals surface area contributed by atoms with Crippen LogP contribution in [0.2, 0.25) is 0 Å². The lowest BCUT2D eigenvalue weighted by Gasteiger charge is -2.43. The van der Waals surface area contributed by atoms with E-state index in [0.29, 0.717) is 6.04 Å². The van der Waals surface area contributed by atoms with E-state index in [-0.39, 0.29) is 0 Å². The second-order valence-electron chi connectivity index (χ2n) is 5.30. The third-order valence-electron chi connectivity index (χ3n) is 4.15. The van der Waals surface area contributed by atoms with Crippen LogP contribution in [-0.4, -0.2) is 12.6 Å². The fourth-order valence-corrected chi connectivity index (χ4v) is 3.52. The van der Waals surface area contributed by atoms with Gasteiger partial charge in [0, 0.05) is 17.6 Å². The van der Waals surface area contributed by atoms with Gasteiger partial charge in [-0.25, -0.2) is 0 Å². The van der Waals surface area contributed by atoms with Gasteiger partial charge in [0.25, 0.3) is 0 Å². The molecule has 0 fully saturated rings. The Morgan fingerprint density at radius 1 is 1.11 bits per heavy atom. The first kappa shape index (κ1) is 11.4. The highest BCUT2D eigenvalue weighted by Crippen LogP contribution is 2.38. The van der Waals surface area contributed by atoms with Gasteiger partial charge in [-0.2, -0.15) is 0 Å². The topological polar surface area (TPSA) is 15.3 Å². The summed E-state index contributed by atoms with van der Waals surface area (Å²) in [6.07, 6.45) is 1.13. The molecule has 2 nitrogen and oxygen atoms in total. The molecular formula is C16H15BrN2. The fraction of sp³-hybridized carbons (Fsp3) is 0.250. The van der Waals surface area contributed by atoms with E-state index in [9.17, 15) is 0 Å². The van der Waals surface area contributed by atoms with Gasteiger partial charge in [0.1, 0.15) is 0 Å². The highest BCUT2D eigenvalue weighted by molar-refractivity contribution is 9.10. The maximum Gasteiger partial charge on any atom is 0.0619 e. The molecule has 2 aliphatic heterocycles. The number of fused-ring (bicyclic) bond motifs is 4. The zero-order valence-corrected chi connectivity index (χ0v) is 12.2. The van der Waals surface area contributed by atoms with E-state index in [0.717, 1.165) is 24.0 Å². The van der Waals surface area contributed by atoms with Crippen molar-refractivity contribution in [2.75, 3.05) is 16.8 Å². The molecule has 1 N–H and O–H groups in total. The van der Waals surface area contributed by atoms with E-state index in [1.54, 1.807) is 0 Å². The first-order valence-corrected chi connectivity index (χ1v) is 7.47. The molecule has 2 aromatic rings. The minimum atomic E-state index is 0.566. The Balaban J connectivity index is 1.79. The van der Waals surface area contributed by atoms with Crippen LogP contribution in [0.3, 0.4) is 0 Å². The monoisotopic (exact) mass is 314 g/mol. The smallest absolute Gasteiger partial charge is 0.0619 e. The number of nitrogens with one attached hydrogen (secondary N) is 1. The van der Waals surface area contributed by atoms with Gasteiger partial charge in [0.05, 0.1) is 17.4 Å². The third kappa shape index (κ3) is 1.84. The molecule has 2 heterocycles. The van der Waals surface area contributed by atoms with Gasteiger partial charge in [0.15, 0.2) is 0 Å². The van der Waals surface area contributed by atoms with Crippen LogP contribution in [0.4, 0.5) is 11.4 Å². The Labute approximate surface area is 121 Å². The summed E-state index contributed by atoms with van der Waals surface area (Å²) in [6.45, 7) is 2.05. The Morgan fingerprint density at radius 2 is 1.95 bits per heavy atom. The van der Waals surface area contributed by atoms with Gasteiger partial charge in [0.2, 0.25) is 0 Å². The molecule has 0 saturated carbocycles. The first-order valence-electron chi connectivity index (χ1n) is 6.68. The van der Waals surface area contributed by atoms with Crippen molar-refractivity contribution in [1.29, 1.82) is 0 Å². The summed E-state index contributed by atoms with van der Waals surface area (Å²) in [5.41, 5.74) is 5.54. The number of hydrogen-bond donors (Lipinski definition) is 1. The van der Waals surface area contributed by atoms with Crippen molar-refractivity contribution < 1.29 is 0 Å². The van der Waals surface area contributed by atoms with Gasteiger partial charge in [-0.05, 0) is 35.7 Å². The summed E-state index contributed by atoms with van der Waals surface area (Å²) in [6, 6.07) is 15.9.